The number of carbonyl (C=O) groups is 1. The van der Waals surface area contributed by atoms with E-state index in [-0.39, 0.29) is 6.10 Å². The molecule has 0 aromatic rings. The van der Waals surface area contributed by atoms with Gasteiger partial charge in [-0.25, -0.2) is 4.79 Å². The fourth-order valence-corrected chi connectivity index (χ4v) is 1.61. The van der Waals surface area contributed by atoms with Crippen molar-refractivity contribution in [3.63, 3.8) is 0 Å². The van der Waals surface area contributed by atoms with Crippen LogP contribution in [0.5, 0.6) is 0 Å². The summed E-state index contributed by atoms with van der Waals surface area (Å²) in [6.45, 7) is 2.14. The molecule has 0 aromatic carbocycles. The third-order valence-corrected chi connectivity index (χ3v) is 2.46. The van der Waals surface area contributed by atoms with Crippen molar-refractivity contribution in [3.8, 4) is 6.07 Å². The lowest BCUT2D eigenvalue weighted by Crippen LogP contribution is -2.16. The van der Waals surface area contributed by atoms with E-state index in [1.54, 1.807) is 0 Å². The fraction of sp³-hybridized carbons (Fsp3) is 0.833. The lowest BCUT2D eigenvalue weighted by atomic mass is 10.0. The van der Waals surface area contributed by atoms with Crippen LogP contribution in [0.3, 0.4) is 0 Å². The summed E-state index contributed by atoms with van der Waals surface area (Å²) in [7, 11) is 0. The molecule has 0 bridgehead atoms. The molecule has 0 radical (unpaired) electrons. The van der Waals surface area contributed by atoms with E-state index in [0.29, 0.717) is 19.3 Å². The zero-order chi connectivity index (χ0) is 12.2. The summed E-state index contributed by atoms with van der Waals surface area (Å²) in [6.07, 6.45) is 5.63. The van der Waals surface area contributed by atoms with E-state index in [4.69, 9.17) is 15.1 Å². The second-order valence-corrected chi connectivity index (χ2v) is 3.91. The molecule has 0 saturated carbocycles. The van der Waals surface area contributed by atoms with Gasteiger partial charge in [0.25, 0.3) is 0 Å². The number of hydrogen-bond acceptors (Lipinski definition) is 3. The predicted octanol–water partition coefficient (Wildman–Crippen LogP) is 3.71. The van der Waals surface area contributed by atoms with Crippen molar-refractivity contribution >= 4 is 6.16 Å². The molecule has 0 aliphatic heterocycles. The third-order valence-electron chi connectivity index (χ3n) is 2.46. The molecule has 0 rings (SSSR count). The average molecular weight is 227 g/mol. The van der Waals surface area contributed by atoms with Gasteiger partial charge in [-0.15, -0.1) is 0 Å². The molecule has 0 fully saturated rings. The zero-order valence-corrected chi connectivity index (χ0v) is 9.95. The first-order valence-corrected chi connectivity index (χ1v) is 5.97. The maximum absolute atomic E-state index is 10.4. The summed E-state index contributed by atoms with van der Waals surface area (Å²) in [5.74, 6) is 0. The number of ether oxygens (including phenoxy) is 1. The Labute approximate surface area is 97.2 Å². The first-order chi connectivity index (χ1) is 7.70. The highest BCUT2D eigenvalue weighted by atomic mass is 16.7. The average Bonchev–Trinajstić information content (AvgIpc) is 2.23. The van der Waals surface area contributed by atoms with Gasteiger partial charge in [0.15, 0.2) is 0 Å². The van der Waals surface area contributed by atoms with Gasteiger partial charge in [-0.3, -0.25) is 0 Å². The number of nitriles is 1. The van der Waals surface area contributed by atoms with E-state index in [1.807, 2.05) is 6.07 Å². The first-order valence-electron chi connectivity index (χ1n) is 5.97. The quantitative estimate of drug-likeness (QED) is 0.481. The van der Waals surface area contributed by atoms with Gasteiger partial charge in [0.05, 0.1) is 6.07 Å². The van der Waals surface area contributed by atoms with E-state index in [1.165, 1.54) is 12.8 Å². The molecule has 16 heavy (non-hydrogen) atoms. The summed E-state index contributed by atoms with van der Waals surface area (Å²) in [6, 6.07) is 2.05. The Morgan fingerprint density at radius 3 is 2.56 bits per heavy atom. The SMILES string of the molecule is CCCCCCC(CCCC#N)OC(=O)O. The minimum absolute atomic E-state index is 0.234. The van der Waals surface area contributed by atoms with Gasteiger partial charge in [-0.05, 0) is 25.7 Å². The lowest BCUT2D eigenvalue weighted by molar-refractivity contribution is 0.0427. The van der Waals surface area contributed by atoms with Crippen LogP contribution in [-0.2, 0) is 4.74 Å². The second kappa shape index (κ2) is 10.3. The highest BCUT2D eigenvalue weighted by Gasteiger charge is 2.12. The highest BCUT2D eigenvalue weighted by molar-refractivity contribution is 5.57. The molecule has 1 atom stereocenters. The summed E-state index contributed by atoms with van der Waals surface area (Å²) in [4.78, 5) is 10.4. The molecular formula is C12H21NO3. The molecule has 0 amide bonds. The van der Waals surface area contributed by atoms with Crippen LogP contribution in [0.25, 0.3) is 0 Å². The van der Waals surface area contributed by atoms with E-state index < -0.39 is 6.16 Å². The van der Waals surface area contributed by atoms with Gasteiger partial charge >= 0.3 is 6.16 Å². The van der Waals surface area contributed by atoms with Crippen LogP contribution in [0, 0.1) is 11.3 Å². The van der Waals surface area contributed by atoms with Crippen LogP contribution in [0.4, 0.5) is 4.79 Å². The van der Waals surface area contributed by atoms with Crippen LogP contribution >= 0.6 is 0 Å². The number of unbranched alkanes of at least 4 members (excludes halogenated alkanes) is 4. The maximum atomic E-state index is 10.4. The van der Waals surface area contributed by atoms with E-state index >= 15 is 0 Å². The molecule has 0 aromatic heterocycles. The van der Waals surface area contributed by atoms with Crippen molar-refractivity contribution in [2.45, 2.75) is 64.4 Å². The highest BCUT2D eigenvalue weighted by Crippen LogP contribution is 2.14. The van der Waals surface area contributed by atoms with Crippen molar-refractivity contribution in [1.29, 1.82) is 5.26 Å². The maximum Gasteiger partial charge on any atom is 0.506 e. The molecule has 1 unspecified atom stereocenters. The minimum atomic E-state index is -1.21. The number of hydrogen-bond donors (Lipinski definition) is 1. The normalized spacial score (nSPS) is 11.8. The second-order valence-electron chi connectivity index (χ2n) is 3.91. The monoisotopic (exact) mass is 227 g/mol. The van der Waals surface area contributed by atoms with Gasteiger partial charge in [0, 0.05) is 6.42 Å². The first kappa shape index (κ1) is 14.8. The lowest BCUT2D eigenvalue weighted by Gasteiger charge is -2.14. The van der Waals surface area contributed by atoms with Crippen LogP contribution in [0.15, 0.2) is 0 Å². The molecule has 0 saturated heterocycles. The van der Waals surface area contributed by atoms with Crippen LogP contribution in [-0.4, -0.2) is 17.4 Å². The predicted molar refractivity (Wildman–Crippen MR) is 61.1 cm³/mol. The van der Waals surface area contributed by atoms with Gasteiger partial charge in [-0.1, -0.05) is 26.2 Å². The van der Waals surface area contributed by atoms with Gasteiger partial charge < -0.3 is 9.84 Å². The van der Waals surface area contributed by atoms with Gasteiger partial charge in [0.1, 0.15) is 6.10 Å². The molecule has 92 valence electrons. The van der Waals surface area contributed by atoms with E-state index in [9.17, 15) is 4.79 Å². The number of carboxylic acid groups (broad SMARTS) is 1. The summed E-state index contributed by atoms with van der Waals surface area (Å²) < 4.78 is 4.78. The Balaban J connectivity index is 3.72. The Bertz CT molecular complexity index is 223. The summed E-state index contributed by atoms with van der Waals surface area (Å²) in [5, 5.41) is 17.0. The Hall–Kier alpha value is -1.24. The number of rotatable bonds is 9. The Morgan fingerprint density at radius 2 is 2.00 bits per heavy atom. The Morgan fingerprint density at radius 1 is 1.31 bits per heavy atom. The molecule has 4 nitrogen and oxygen atoms in total. The molecule has 1 N–H and O–H groups in total. The van der Waals surface area contributed by atoms with E-state index in [0.717, 1.165) is 19.3 Å². The van der Waals surface area contributed by atoms with Crippen molar-refractivity contribution in [2.75, 3.05) is 0 Å². The molecule has 4 heteroatoms. The van der Waals surface area contributed by atoms with Gasteiger partial charge in [-0.2, -0.15) is 5.26 Å². The van der Waals surface area contributed by atoms with Crippen LogP contribution in [0.1, 0.15) is 58.3 Å². The molecule has 0 spiro atoms. The van der Waals surface area contributed by atoms with Gasteiger partial charge in [0.2, 0.25) is 0 Å². The van der Waals surface area contributed by atoms with Crippen molar-refractivity contribution in [2.24, 2.45) is 0 Å². The zero-order valence-electron chi connectivity index (χ0n) is 9.95. The molecule has 0 aliphatic rings. The van der Waals surface area contributed by atoms with E-state index in [2.05, 4.69) is 6.92 Å². The minimum Gasteiger partial charge on any atom is -0.450 e. The molecular weight excluding hydrogens is 206 g/mol. The third kappa shape index (κ3) is 9.32. The van der Waals surface area contributed by atoms with Crippen molar-refractivity contribution < 1.29 is 14.6 Å². The van der Waals surface area contributed by atoms with Crippen molar-refractivity contribution in [1.82, 2.24) is 0 Å². The number of nitrogens with zero attached hydrogens (tertiary/aromatic N) is 1. The van der Waals surface area contributed by atoms with Crippen LogP contribution in [0.2, 0.25) is 0 Å². The summed E-state index contributed by atoms with van der Waals surface area (Å²) in [5.41, 5.74) is 0. The smallest absolute Gasteiger partial charge is 0.450 e. The molecule has 0 heterocycles. The largest absolute Gasteiger partial charge is 0.506 e. The van der Waals surface area contributed by atoms with Crippen molar-refractivity contribution in [3.05, 3.63) is 0 Å². The summed E-state index contributed by atoms with van der Waals surface area (Å²) >= 11 is 0. The fourth-order valence-electron chi connectivity index (χ4n) is 1.61. The Kier molecular flexibility index (Phi) is 9.49. The topological polar surface area (TPSA) is 70.3 Å². The standard InChI is InChI=1S/C12H21NO3/c1-2-3-4-5-8-11(16-12(14)15)9-6-7-10-13/h11H,2-9H2,1H3,(H,14,15). The van der Waals surface area contributed by atoms with Crippen LogP contribution < -0.4 is 0 Å². The molecule has 0 aliphatic carbocycles.